The SMILES string of the molecule is CC(=O)NCc1ccccc1-c1ccc([C@H]2O[C@@H](CN(Cc3ccccc3)Cc3ccccc3)[C@@H](C)[C@@H](c3ccc(CO)cc3)O2)cc1. The van der Waals surface area contributed by atoms with Crippen LogP contribution in [0.3, 0.4) is 0 Å². The van der Waals surface area contributed by atoms with Gasteiger partial charge in [0, 0.05) is 44.6 Å². The molecule has 5 aromatic carbocycles. The van der Waals surface area contributed by atoms with Crippen LogP contribution in [0.5, 0.6) is 0 Å². The topological polar surface area (TPSA) is 71.0 Å². The molecule has 6 nitrogen and oxygen atoms in total. The van der Waals surface area contributed by atoms with Gasteiger partial charge in [0.1, 0.15) is 0 Å². The number of hydrogen-bond acceptors (Lipinski definition) is 5. The Balaban J connectivity index is 1.29. The fourth-order valence-electron chi connectivity index (χ4n) is 6.45. The van der Waals surface area contributed by atoms with Crippen LogP contribution in [0.25, 0.3) is 11.1 Å². The molecule has 246 valence electrons. The monoisotopic (exact) mass is 640 g/mol. The summed E-state index contributed by atoms with van der Waals surface area (Å²) in [6.45, 7) is 6.55. The molecule has 2 N–H and O–H groups in total. The molecule has 0 aliphatic carbocycles. The molecule has 1 fully saturated rings. The summed E-state index contributed by atoms with van der Waals surface area (Å²) < 4.78 is 13.6. The van der Waals surface area contributed by atoms with E-state index in [-0.39, 0.29) is 30.6 Å². The largest absolute Gasteiger partial charge is 0.392 e. The minimum absolute atomic E-state index is 0.00391. The zero-order valence-electron chi connectivity index (χ0n) is 27.7. The maximum Gasteiger partial charge on any atom is 0.217 e. The van der Waals surface area contributed by atoms with Gasteiger partial charge in [-0.2, -0.15) is 0 Å². The molecule has 0 saturated carbocycles. The van der Waals surface area contributed by atoms with Crippen LogP contribution < -0.4 is 5.32 Å². The summed E-state index contributed by atoms with van der Waals surface area (Å²) in [5.74, 6) is 0.0115. The van der Waals surface area contributed by atoms with Crippen molar-refractivity contribution < 1.29 is 19.4 Å². The molecule has 4 atom stereocenters. The molecule has 1 aliphatic heterocycles. The molecule has 0 radical (unpaired) electrons. The molecular weight excluding hydrogens is 596 g/mol. The third kappa shape index (κ3) is 8.46. The van der Waals surface area contributed by atoms with Crippen molar-refractivity contribution in [1.82, 2.24) is 10.2 Å². The molecule has 1 aliphatic rings. The van der Waals surface area contributed by atoms with Crippen LogP contribution in [0.1, 0.15) is 59.6 Å². The lowest BCUT2D eigenvalue weighted by atomic mass is 9.89. The van der Waals surface area contributed by atoms with E-state index < -0.39 is 6.29 Å². The highest BCUT2D eigenvalue weighted by molar-refractivity contribution is 5.74. The molecule has 0 spiro atoms. The second-order valence-electron chi connectivity index (χ2n) is 12.7. The first-order chi connectivity index (χ1) is 23.5. The Labute approximate surface area is 284 Å². The van der Waals surface area contributed by atoms with Gasteiger partial charge in [-0.25, -0.2) is 0 Å². The molecule has 1 amide bonds. The molecule has 0 aromatic heterocycles. The highest BCUT2D eigenvalue weighted by Gasteiger charge is 2.39. The van der Waals surface area contributed by atoms with Crippen molar-refractivity contribution in [2.24, 2.45) is 5.92 Å². The van der Waals surface area contributed by atoms with Crippen molar-refractivity contribution in [3.8, 4) is 11.1 Å². The first-order valence-corrected chi connectivity index (χ1v) is 16.7. The van der Waals surface area contributed by atoms with Crippen LogP contribution in [-0.2, 0) is 40.5 Å². The number of ether oxygens (including phenoxy) is 2. The van der Waals surface area contributed by atoms with Crippen LogP contribution in [0, 0.1) is 5.92 Å². The van der Waals surface area contributed by atoms with E-state index in [4.69, 9.17) is 9.47 Å². The highest BCUT2D eigenvalue weighted by Crippen LogP contribution is 2.42. The third-order valence-electron chi connectivity index (χ3n) is 9.10. The van der Waals surface area contributed by atoms with Gasteiger partial charge in [-0.3, -0.25) is 9.69 Å². The number of hydrogen-bond donors (Lipinski definition) is 2. The Morgan fingerprint density at radius 1 is 0.708 bits per heavy atom. The molecule has 6 rings (SSSR count). The summed E-state index contributed by atoms with van der Waals surface area (Å²) in [6, 6.07) is 45.7. The molecule has 5 aromatic rings. The Kier molecular flexibility index (Phi) is 11.1. The minimum Gasteiger partial charge on any atom is -0.392 e. The van der Waals surface area contributed by atoms with Gasteiger partial charge in [0.15, 0.2) is 6.29 Å². The van der Waals surface area contributed by atoms with E-state index in [2.05, 4.69) is 120 Å². The standard InChI is InChI=1S/C42H44N2O4/c1-30-40(28-44(26-32-11-5-3-6-12-32)27-33-13-7-4-8-14-33)47-42(48-41(30)36-19-17-34(29-45)18-20-36)37-23-21-35(22-24-37)39-16-10-9-15-38(39)25-43-31(2)46/h3-24,30,40-42,45H,25-29H2,1-2H3,(H,43,46)/t30-,40+,41+,42+/m1/s1. The molecule has 1 heterocycles. The van der Waals surface area contributed by atoms with Crippen molar-refractivity contribution in [3.63, 3.8) is 0 Å². The Morgan fingerprint density at radius 3 is 1.90 bits per heavy atom. The van der Waals surface area contributed by atoms with Gasteiger partial charge in [0.2, 0.25) is 5.91 Å². The van der Waals surface area contributed by atoms with Crippen molar-refractivity contribution in [3.05, 3.63) is 167 Å². The molecule has 6 heteroatoms. The fourth-order valence-corrected chi connectivity index (χ4v) is 6.45. The average Bonchev–Trinajstić information content (AvgIpc) is 3.12. The first kappa shape index (κ1) is 33.3. The number of carbonyl (C=O) groups excluding carboxylic acids is 1. The second-order valence-corrected chi connectivity index (χ2v) is 12.7. The molecule has 48 heavy (non-hydrogen) atoms. The number of nitrogens with one attached hydrogen (secondary N) is 1. The van der Waals surface area contributed by atoms with Crippen molar-refractivity contribution in [2.45, 2.75) is 58.6 Å². The van der Waals surface area contributed by atoms with E-state index in [1.807, 2.05) is 30.3 Å². The predicted octanol–water partition coefficient (Wildman–Crippen LogP) is 7.98. The highest BCUT2D eigenvalue weighted by atomic mass is 16.7. The van der Waals surface area contributed by atoms with E-state index in [0.717, 1.165) is 53.0 Å². The summed E-state index contributed by atoms with van der Waals surface area (Å²) >= 11 is 0. The summed E-state index contributed by atoms with van der Waals surface area (Å²) in [5, 5.41) is 12.6. The number of benzene rings is 5. The van der Waals surface area contributed by atoms with E-state index >= 15 is 0 Å². The van der Waals surface area contributed by atoms with Crippen LogP contribution in [0.4, 0.5) is 0 Å². The second kappa shape index (κ2) is 16.0. The number of amides is 1. The molecule has 1 saturated heterocycles. The lowest BCUT2D eigenvalue weighted by molar-refractivity contribution is -0.276. The number of rotatable bonds is 12. The maximum absolute atomic E-state index is 11.6. The molecular formula is C42H44N2O4. The number of aliphatic hydroxyl groups excluding tert-OH is 1. The number of nitrogens with zero attached hydrogens (tertiary/aromatic N) is 1. The summed E-state index contributed by atoms with van der Waals surface area (Å²) in [6.07, 6.45) is -0.876. The van der Waals surface area contributed by atoms with Gasteiger partial charge in [0.05, 0.1) is 18.8 Å². The van der Waals surface area contributed by atoms with Gasteiger partial charge in [-0.05, 0) is 38.9 Å². The maximum atomic E-state index is 11.6. The number of aliphatic hydroxyl groups is 1. The van der Waals surface area contributed by atoms with E-state index in [9.17, 15) is 9.90 Å². The van der Waals surface area contributed by atoms with Crippen LogP contribution in [-0.4, -0.2) is 28.6 Å². The lowest BCUT2D eigenvalue weighted by Crippen LogP contribution is -2.44. The van der Waals surface area contributed by atoms with Crippen LogP contribution >= 0.6 is 0 Å². The molecule has 0 unspecified atom stereocenters. The Bertz CT molecular complexity index is 1700. The zero-order chi connectivity index (χ0) is 33.3. The summed E-state index contributed by atoms with van der Waals surface area (Å²) in [7, 11) is 0. The molecule has 0 bridgehead atoms. The van der Waals surface area contributed by atoms with E-state index in [0.29, 0.717) is 6.54 Å². The first-order valence-electron chi connectivity index (χ1n) is 16.7. The van der Waals surface area contributed by atoms with Gasteiger partial charge in [-0.15, -0.1) is 0 Å². The van der Waals surface area contributed by atoms with Gasteiger partial charge < -0.3 is 19.9 Å². The van der Waals surface area contributed by atoms with Crippen molar-refractivity contribution in [1.29, 1.82) is 0 Å². The van der Waals surface area contributed by atoms with Gasteiger partial charge >= 0.3 is 0 Å². The van der Waals surface area contributed by atoms with Crippen molar-refractivity contribution >= 4 is 5.91 Å². The fraction of sp³-hybridized carbons (Fsp3) is 0.262. The quantitative estimate of drug-likeness (QED) is 0.145. The van der Waals surface area contributed by atoms with Gasteiger partial charge in [0.25, 0.3) is 0 Å². The van der Waals surface area contributed by atoms with E-state index in [1.165, 1.54) is 18.1 Å². The Hall–Kier alpha value is -4.59. The average molecular weight is 641 g/mol. The minimum atomic E-state index is -0.562. The van der Waals surface area contributed by atoms with Crippen molar-refractivity contribution in [2.75, 3.05) is 6.54 Å². The normalized spacial score (nSPS) is 19.2. The zero-order valence-corrected chi connectivity index (χ0v) is 27.7. The summed E-state index contributed by atoms with van der Waals surface area (Å²) in [5.41, 5.74) is 8.61. The third-order valence-corrected chi connectivity index (χ3v) is 9.10. The smallest absolute Gasteiger partial charge is 0.217 e. The summed E-state index contributed by atoms with van der Waals surface area (Å²) in [4.78, 5) is 14.1. The van der Waals surface area contributed by atoms with Crippen LogP contribution in [0.2, 0.25) is 0 Å². The number of carbonyl (C=O) groups is 1. The van der Waals surface area contributed by atoms with Gasteiger partial charge in [-0.1, -0.05) is 140 Å². The predicted molar refractivity (Wildman–Crippen MR) is 189 cm³/mol. The van der Waals surface area contributed by atoms with E-state index in [1.54, 1.807) is 0 Å². The Morgan fingerprint density at radius 2 is 1.29 bits per heavy atom. The lowest BCUT2D eigenvalue weighted by Gasteiger charge is -2.43. The van der Waals surface area contributed by atoms with Crippen LogP contribution in [0.15, 0.2) is 133 Å².